The number of rotatable bonds is 6. The summed E-state index contributed by atoms with van der Waals surface area (Å²) in [4.78, 5) is 27.0. The summed E-state index contributed by atoms with van der Waals surface area (Å²) < 4.78 is 9.56. The molecule has 0 aliphatic heterocycles. The molecule has 8 heteroatoms. The molecule has 0 aliphatic carbocycles. The maximum Gasteiger partial charge on any atom is 0.325 e. The highest BCUT2D eigenvalue weighted by Gasteiger charge is 2.27. The van der Waals surface area contributed by atoms with Crippen molar-refractivity contribution in [3.05, 3.63) is 5.51 Å². The van der Waals surface area contributed by atoms with E-state index in [1.165, 1.54) is 16.8 Å². The van der Waals surface area contributed by atoms with Crippen molar-refractivity contribution in [2.75, 3.05) is 13.2 Å². The molecule has 0 bridgehead atoms. The molecular weight excluding hydrogens is 258 g/mol. The lowest BCUT2D eigenvalue weighted by Crippen LogP contribution is -2.29. The van der Waals surface area contributed by atoms with Gasteiger partial charge in [-0.1, -0.05) is 11.3 Å². The quantitative estimate of drug-likeness (QED) is 0.435. The number of carbonyl (C=O) groups is 2. The summed E-state index contributed by atoms with van der Waals surface area (Å²) in [5.41, 5.74) is 1.50. The van der Waals surface area contributed by atoms with Gasteiger partial charge in [-0.3, -0.25) is 9.59 Å². The van der Waals surface area contributed by atoms with E-state index >= 15 is 0 Å². The Balaban J connectivity index is 2.77. The van der Waals surface area contributed by atoms with Gasteiger partial charge in [0.15, 0.2) is 5.92 Å². The Labute approximate surface area is 108 Å². The number of aliphatic imine (C=N–C) groups is 1. The van der Waals surface area contributed by atoms with Crippen LogP contribution in [-0.2, 0) is 19.1 Å². The molecule has 1 aromatic rings. The molecule has 0 saturated carbocycles. The summed E-state index contributed by atoms with van der Waals surface area (Å²) in [6, 6.07) is 0. The fourth-order valence-electron chi connectivity index (χ4n) is 1.04. The largest absolute Gasteiger partial charge is 0.465 e. The molecule has 0 N–H and O–H groups in total. The summed E-state index contributed by atoms with van der Waals surface area (Å²) in [5.74, 6) is -2.55. The maximum atomic E-state index is 11.6. The Bertz CT molecular complexity index is 401. The second-order valence-corrected chi connectivity index (χ2v) is 3.79. The van der Waals surface area contributed by atoms with E-state index in [4.69, 9.17) is 9.47 Å². The van der Waals surface area contributed by atoms with Gasteiger partial charge in [-0.15, -0.1) is 10.2 Å². The smallest absolute Gasteiger partial charge is 0.325 e. The number of carbonyl (C=O) groups excluding carboxylic acids is 2. The van der Waals surface area contributed by atoms with Crippen LogP contribution in [0, 0.1) is 5.92 Å². The second-order valence-electron chi connectivity index (χ2n) is 2.98. The van der Waals surface area contributed by atoms with Gasteiger partial charge in [0.05, 0.1) is 13.2 Å². The van der Waals surface area contributed by atoms with Crippen molar-refractivity contribution in [1.29, 1.82) is 0 Å². The van der Waals surface area contributed by atoms with Crippen molar-refractivity contribution in [1.82, 2.24) is 10.2 Å². The highest BCUT2D eigenvalue weighted by Crippen LogP contribution is 2.13. The number of nitrogens with zero attached hydrogens (tertiary/aromatic N) is 3. The highest BCUT2D eigenvalue weighted by atomic mass is 32.1. The van der Waals surface area contributed by atoms with Crippen LogP contribution < -0.4 is 0 Å². The van der Waals surface area contributed by atoms with Crippen molar-refractivity contribution >= 4 is 34.6 Å². The number of esters is 2. The summed E-state index contributed by atoms with van der Waals surface area (Å²) >= 11 is 1.19. The molecule has 0 aromatic carbocycles. The fourth-order valence-corrected chi connectivity index (χ4v) is 1.45. The van der Waals surface area contributed by atoms with Gasteiger partial charge in [0.25, 0.3) is 0 Å². The van der Waals surface area contributed by atoms with E-state index in [1.54, 1.807) is 13.8 Å². The Morgan fingerprint density at radius 3 is 2.44 bits per heavy atom. The van der Waals surface area contributed by atoms with E-state index in [0.717, 1.165) is 6.21 Å². The van der Waals surface area contributed by atoms with Gasteiger partial charge in [0, 0.05) is 6.21 Å². The van der Waals surface area contributed by atoms with Gasteiger partial charge in [0.2, 0.25) is 5.13 Å². The van der Waals surface area contributed by atoms with Crippen LogP contribution >= 0.6 is 11.3 Å². The van der Waals surface area contributed by atoms with E-state index in [2.05, 4.69) is 15.2 Å². The normalized spacial score (nSPS) is 10.8. The van der Waals surface area contributed by atoms with E-state index in [0.29, 0.717) is 5.13 Å². The predicted molar refractivity (Wildman–Crippen MR) is 64.8 cm³/mol. The Hall–Kier alpha value is -1.83. The Morgan fingerprint density at radius 2 is 2.00 bits per heavy atom. The zero-order chi connectivity index (χ0) is 13.4. The van der Waals surface area contributed by atoms with Crippen molar-refractivity contribution in [3.8, 4) is 0 Å². The van der Waals surface area contributed by atoms with E-state index in [9.17, 15) is 9.59 Å². The van der Waals surface area contributed by atoms with Crippen molar-refractivity contribution in [2.45, 2.75) is 13.8 Å². The number of hydrogen-bond acceptors (Lipinski definition) is 8. The van der Waals surface area contributed by atoms with E-state index in [1.807, 2.05) is 0 Å². The molecule has 0 aliphatic rings. The minimum atomic E-state index is -1.17. The molecule has 0 unspecified atom stereocenters. The molecule has 0 fully saturated rings. The van der Waals surface area contributed by atoms with Crippen LogP contribution in [0.2, 0.25) is 0 Å². The average Bonchev–Trinajstić information content (AvgIpc) is 2.83. The van der Waals surface area contributed by atoms with E-state index < -0.39 is 17.9 Å². The third kappa shape index (κ3) is 4.21. The van der Waals surface area contributed by atoms with Gasteiger partial charge in [-0.2, -0.15) is 0 Å². The zero-order valence-corrected chi connectivity index (χ0v) is 10.8. The van der Waals surface area contributed by atoms with Crippen molar-refractivity contribution in [3.63, 3.8) is 0 Å². The van der Waals surface area contributed by atoms with Gasteiger partial charge < -0.3 is 9.47 Å². The van der Waals surface area contributed by atoms with Crippen LogP contribution in [0.15, 0.2) is 10.5 Å². The zero-order valence-electron chi connectivity index (χ0n) is 10.0. The molecule has 7 nitrogen and oxygen atoms in total. The standard InChI is InChI=1S/C10H13N3O4S/c1-3-16-8(14)7(9(15)17-4-2)5-11-10-13-12-6-18-10/h5-7H,3-4H2,1-2H3. The van der Waals surface area contributed by atoms with Crippen molar-refractivity contribution in [2.24, 2.45) is 10.9 Å². The van der Waals surface area contributed by atoms with Gasteiger partial charge in [-0.25, -0.2) is 4.99 Å². The first-order valence-electron chi connectivity index (χ1n) is 5.32. The van der Waals surface area contributed by atoms with Crippen LogP contribution in [-0.4, -0.2) is 41.6 Å². The van der Waals surface area contributed by atoms with Crippen LogP contribution in [0.1, 0.15) is 13.8 Å². The molecule has 0 amide bonds. The molecular formula is C10H13N3O4S. The molecule has 98 valence electrons. The SMILES string of the molecule is CCOC(=O)C(C=Nc1nncs1)C(=O)OCC. The topological polar surface area (TPSA) is 90.7 Å². The molecule has 0 spiro atoms. The molecule has 0 atom stereocenters. The first-order valence-corrected chi connectivity index (χ1v) is 6.20. The third-order valence-corrected chi connectivity index (χ3v) is 2.36. The molecule has 18 heavy (non-hydrogen) atoms. The van der Waals surface area contributed by atoms with Gasteiger partial charge in [0.1, 0.15) is 5.51 Å². The summed E-state index contributed by atoms with van der Waals surface area (Å²) in [6.07, 6.45) is 1.16. The number of aromatic nitrogens is 2. The second kappa shape index (κ2) is 7.49. The Kier molecular flexibility index (Phi) is 5.92. The molecule has 0 saturated heterocycles. The van der Waals surface area contributed by atoms with Gasteiger partial charge in [-0.05, 0) is 13.8 Å². The monoisotopic (exact) mass is 271 g/mol. The van der Waals surface area contributed by atoms with Crippen LogP contribution in [0.25, 0.3) is 0 Å². The van der Waals surface area contributed by atoms with Crippen LogP contribution in [0.3, 0.4) is 0 Å². The first-order chi connectivity index (χ1) is 8.69. The lowest BCUT2D eigenvalue weighted by atomic mass is 10.2. The minimum Gasteiger partial charge on any atom is -0.465 e. The number of hydrogen-bond donors (Lipinski definition) is 0. The van der Waals surface area contributed by atoms with Crippen molar-refractivity contribution < 1.29 is 19.1 Å². The maximum absolute atomic E-state index is 11.6. The molecule has 0 radical (unpaired) electrons. The average molecular weight is 271 g/mol. The predicted octanol–water partition coefficient (Wildman–Crippen LogP) is 0.983. The first kappa shape index (κ1) is 14.2. The fraction of sp³-hybridized carbons (Fsp3) is 0.500. The third-order valence-electron chi connectivity index (χ3n) is 1.76. The molecule has 1 rings (SSSR count). The number of ether oxygens (including phenoxy) is 2. The summed E-state index contributed by atoms with van der Waals surface area (Å²) in [7, 11) is 0. The molecule has 1 aromatic heterocycles. The summed E-state index contributed by atoms with van der Waals surface area (Å²) in [5, 5.41) is 7.61. The van der Waals surface area contributed by atoms with Gasteiger partial charge >= 0.3 is 11.9 Å². The lowest BCUT2D eigenvalue weighted by molar-refractivity contribution is -0.157. The minimum absolute atomic E-state index is 0.182. The van der Waals surface area contributed by atoms with Crippen LogP contribution in [0.4, 0.5) is 5.13 Å². The summed E-state index contributed by atoms with van der Waals surface area (Å²) in [6.45, 7) is 3.67. The lowest BCUT2D eigenvalue weighted by Gasteiger charge is -2.09. The highest BCUT2D eigenvalue weighted by molar-refractivity contribution is 7.13. The Morgan fingerprint density at radius 1 is 1.39 bits per heavy atom. The van der Waals surface area contributed by atoms with Crippen LogP contribution in [0.5, 0.6) is 0 Å². The molecule has 1 heterocycles. The van der Waals surface area contributed by atoms with E-state index in [-0.39, 0.29) is 13.2 Å².